The van der Waals surface area contributed by atoms with Gasteiger partial charge in [-0.1, -0.05) is 12.1 Å². The van der Waals surface area contributed by atoms with Gasteiger partial charge in [0.2, 0.25) is 11.7 Å². The first-order chi connectivity index (χ1) is 8.15. The van der Waals surface area contributed by atoms with Crippen LogP contribution in [-0.4, -0.2) is 10.1 Å². The lowest BCUT2D eigenvalue weighted by molar-refractivity contribution is 0.380. The molecule has 0 unspecified atom stereocenters. The fraction of sp³-hybridized carbons (Fsp3) is 0.273. The molecule has 4 nitrogen and oxygen atoms in total. The quantitative estimate of drug-likeness (QED) is 0.946. The smallest absolute Gasteiger partial charge is 0.240 e. The molecule has 1 aromatic carbocycles. The molecule has 1 aromatic heterocycles. The van der Waals surface area contributed by atoms with Crippen molar-refractivity contribution in [3.05, 3.63) is 33.9 Å². The fourth-order valence-electron chi connectivity index (χ4n) is 1.46. The summed E-state index contributed by atoms with van der Waals surface area (Å²) in [6.07, 6.45) is 0.799. The van der Waals surface area contributed by atoms with Crippen molar-refractivity contribution in [1.82, 2.24) is 10.1 Å². The Morgan fingerprint density at radius 1 is 1.47 bits per heavy atom. The van der Waals surface area contributed by atoms with Crippen molar-refractivity contribution in [3.63, 3.8) is 0 Å². The Hall–Kier alpha value is -1.27. The van der Waals surface area contributed by atoms with E-state index < -0.39 is 5.82 Å². The zero-order chi connectivity index (χ0) is 12.4. The first-order valence-corrected chi connectivity index (χ1v) is 5.96. The van der Waals surface area contributed by atoms with Gasteiger partial charge in [-0.3, -0.25) is 0 Å². The zero-order valence-electron chi connectivity index (χ0n) is 9.20. The average Bonchev–Trinajstić information content (AvgIpc) is 2.81. The van der Waals surface area contributed by atoms with Gasteiger partial charge in [0.1, 0.15) is 5.82 Å². The summed E-state index contributed by atoms with van der Waals surface area (Å²) >= 11 is 3.17. The number of nitrogens with two attached hydrogens (primary N) is 1. The van der Waals surface area contributed by atoms with Gasteiger partial charge < -0.3 is 10.3 Å². The molecule has 1 heterocycles. The Labute approximate surface area is 106 Å². The molecular formula is C11H11BrFN3O. The molecule has 0 radical (unpaired) electrons. The van der Waals surface area contributed by atoms with Crippen LogP contribution in [-0.2, 0) is 13.0 Å². The van der Waals surface area contributed by atoms with E-state index in [-0.39, 0.29) is 18.3 Å². The third-order valence-electron chi connectivity index (χ3n) is 2.38. The molecule has 0 bridgehead atoms. The minimum Gasteiger partial charge on any atom is -0.338 e. The summed E-state index contributed by atoms with van der Waals surface area (Å²) in [4.78, 5) is 4.01. The number of aryl methyl sites for hydroxylation is 1. The lowest BCUT2D eigenvalue weighted by atomic mass is 10.1. The first kappa shape index (κ1) is 12.2. The van der Waals surface area contributed by atoms with Crippen LogP contribution in [0.25, 0.3) is 11.4 Å². The van der Waals surface area contributed by atoms with Crippen LogP contribution in [0.5, 0.6) is 0 Å². The second-order valence-corrected chi connectivity index (χ2v) is 4.36. The Kier molecular flexibility index (Phi) is 3.54. The summed E-state index contributed by atoms with van der Waals surface area (Å²) < 4.78 is 19.2. The van der Waals surface area contributed by atoms with E-state index in [2.05, 4.69) is 26.1 Å². The maximum atomic E-state index is 13.9. The molecule has 90 valence electrons. The standard InChI is InChI=1S/C11H11BrFN3O/c1-2-6-3-7(10(13)8(12)4-6)11-15-9(5-14)17-16-11/h3-4H,2,5,14H2,1H3. The lowest BCUT2D eigenvalue weighted by Gasteiger charge is -2.04. The number of halogens is 2. The molecule has 0 saturated carbocycles. The van der Waals surface area contributed by atoms with Crippen LogP contribution in [0.3, 0.4) is 0 Å². The Morgan fingerprint density at radius 3 is 2.82 bits per heavy atom. The predicted molar refractivity (Wildman–Crippen MR) is 64.7 cm³/mol. The predicted octanol–water partition coefficient (Wildman–Crippen LogP) is 2.66. The minimum absolute atomic E-state index is 0.142. The molecular weight excluding hydrogens is 289 g/mol. The van der Waals surface area contributed by atoms with Gasteiger partial charge in [-0.25, -0.2) is 4.39 Å². The summed E-state index contributed by atoms with van der Waals surface area (Å²) in [5.74, 6) is 0.114. The summed E-state index contributed by atoms with van der Waals surface area (Å²) in [5.41, 5.74) is 6.68. The second kappa shape index (κ2) is 4.93. The van der Waals surface area contributed by atoms with Gasteiger partial charge in [0, 0.05) is 0 Å². The van der Waals surface area contributed by atoms with Gasteiger partial charge in [0.15, 0.2) is 0 Å². The van der Waals surface area contributed by atoms with Gasteiger partial charge in [0.05, 0.1) is 16.6 Å². The van der Waals surface area contributed by atoms with Crippen molar-refractivity contribution >= 4 is 15.9 Å². The zero-order valence-corrected chi connectivity index (χ0v) is 10.8. The molecule has 0 amide bonds. The molecule has 2 aromatic rings. The molecule has 2 rings (SSSR count). The summed E-state index contributed by atoms with van der Waals surface area (Å²) in [6.45, 7) is 2.13. The average molecular weight is 300 g/mol. The SMILES string of the molecule is CCc1cc(Br)c(F)c(-c2noc(CN)n2)c1. The van der Waals surface area contributed by atoms with Crippen molar-refractivity contribution in [1.29, 1.82) is 0 Å². The molecule has 2 N–H and O–H groups in total. The molecule has 0 fully saturated rings. The third kappa shape index (κ3) is 2.37. The number of hydrogen-bond donors (Lipinski definition) is 1. The van der Waals surface area contributed by atoms with E-state index in [9.17, 15) is 4.39 Å². The maximum Gasteiger partial charge on any atom is 0.240 e. The van der Waals surface area contributed by atoms with Crippen LogP contribution < -0.4 is 5.73 Å². The van der Waals surface area contributed by atoms with Gasteiger partial charge in [-0.2, -0.15) is 4.98 Å². The topological polar surface area (TPSA) is 64.9 Å². The normalized spacial score (nSPS) is 10.8. The van der Waals surface area contributed by atoms with Crippen molar-refractivity contribution < 1.29 is 8.91 Å². The Bertz CT molecular complexity index is 542. The van der Waals surface area contributed by atoms with Crippen LogP contribution in [0.15, 0.2) is 21.1 Å². The van der Waals surface area contributed by atoms with E-state index in [1.165, 1.54) is 0 Å². The van der Waals surface area contributed by atoms with Crippen molar-refractivity contribution in [2.24, 2.45) is 5.73 Å². The minimum atomic E-state index is -0.397. The van der Waals surface area contributed by atoms with E-state index in [4.69, 9.17) is 10.3 Å². The maximum absolute atomic E-state index is 13.9. The largest absolute Gasteiger partial charge is 0.338 e. The number of nitrogens with zero attached hydrogens (tertiary/aromatic N) is 2. The van der Waals surface area contributed by atoms with Crippen LogP contribution >= 0.6 is 15.9 Å². The molecule has 0 aliphatic heterocycles. The molecule has 0 aliphatic carbocycles. The molecule has 17 heavy (non-hydrogen) atoms. The molecule has 0 spiro atoms. The van der Waals surface area contributed by atoms with E-state index in [1.54, 1.807) is 12.1 Å². The highest BCUT2D eigenvalue weighted by molar-refractivity contribution is 9.10. The first-order valence-electron chi connectivity index (χ1n) is 5.16. The molecule has 0 aliphatic rings. The van der Waals surface area contributed by atoms with Crippen molar-refractivity contribution in [3.8, 4) is 11.4 Å². The number of benzene rings is 1. The molecule has 0 atom stereocenters. The van der Waals surface area contributed by atoms with Gasteiger partial charge >= 0.3 is 0 Å². The fourth-order valence-corrected chi connectivity index (χ4v) is 1.97. The molecule has 0 saturated heterocycles. The van der Waals surface area contributed by atoms with Gasteiger partial charge in [-0.05, 0) is 40.0 Å². The van der Waals surface area contributed by atoms with Crippen LogP contribution in [0.4, 0.5) is 4.39 Å². The number of rotatable bonds is 3. The number of aromatic nitrogens is 2. The van der Waals surface area contributed by atoms with Crippen LogP contribution in [0.1, 0.15) is 18.4 Å². The summed E-state index contributed by atoms with van der Waals surface area (Å²) in [5, 5.41) is 3.71. The van der Waals surface area contributed by atoms with Gasteiger partial charge in [0.25, 0.3) is 0 Å². The second-order valence-electron chi connectivity index (χ2n) is 3.51. The molecule has 6 heteroatoms. The highest BCUT2D eigenvalue weighted by Crippen LogP contribution is 2.28. The van der Waals surface area contributed by atoms with Crippen LogP contribution in [0, 0.1) is 5.82 Å². The monoisotopic (exact) mass is 299 g/mol. The highest BCUT2D eigenvalue weighted by Gasteiger charge is 2.15. The highest BCUT2D eigenvalue weighted by atomic mass is 79.9. The van der Waals surface area contributed by atoms with E-state index >= 15 is 0 Å². The van der Waals surface area contributed by atoms with E-state index in [0.29, 0.717) is 10.0 Å². The van der Waals surface area contributed by atoms with Crippen molar-refractivity contribution in [2.45, 2.75) is 19.9 Å². The third-order valence-corrected chi connectivity index (χ3v) is 2.96. The number of hydrogen-bond acceptors (Lipinski definition) is 4. The van der Waals surface area contributed by atoms with Gasteiger partial charge in [-0.15, -0.1) is 0 Å². The van der Waals surface area contributed by atoms with E-state index in [0.717, 1.165) is 12.0 Å². The van der Waals surface area contributed by atoms with E-state index in [1.807, 2.05) is 6.92 Å². The van der Waals surface area contributed by atoms with Crippen LogP contribution in [0.2, 0.25) is 0 Å². The Balaban J connectivity index is 2.53. The summed E-state index contributed by atoms with van der Waals surface area (Å²) in [7, 11) is 0. The summed E-state index contributed by atoms with van der Waals surface area (Å²) in [6, 6.07) is 3.45. The lowest BCUT2D eigenvalue weighted by Crippen LogP contribution is -1.96. The Morgan fingerprint density at radius 2 is 2.24 bits per heavy atom. The van der Waals surface area contributed by atoms with Crippen molar-refractivity contribution in [2.75, 3.05) is 0 Å².